The van der Waals surface area contributed by atoms with Crippen molar-refractivity contribution in [3.63, 3.8) is 0 Å². The Labute approximate surface area is 204 Å². The van der Waals surface area contributed by atoms with Gasteiger partial charge in [0.25, 0.3) is 0 Å². The zero-order valence-electron chi connectivity index (χ0n) is 20.1. The molecule has 8 nitrogen and oxygen atoms in total. The number of nitrogens with zero attached hydrogens (tertiary/aromatic N) is 3. The fourth-order valence-corrected chi connectivity index (χ4v) is 4.61. The number of aromatic nitrogens is 1. The lowest BCUT2D eigenvalue weighted by Gasteiger charge is -2.26. The molecular weight excluding hydrogens is 444 g/mol. The highest BCUT2D eigenvalue weighted by Crippen LogP contribution is 2.43. The summed E-state index contributed by atoms with van der Waals surface area (Å²) in [4.78, 5) is 6.95. The summed E-state index contributed by atoms with van der Waals surface area (Å²) in [7, 11) is 1.61. The van der Waals surface area contributed by atoms with Crippen LogP contribution in [0.5, 0.6) is 23.0 Å². The summed E-state index contributed by atoms with van der Waals surface area (Å²) in [6.07, 6.45) is 6.94. The van der Waals surface area contributed by atoms with Gasteiger partial charge in [0.05, 0.1) is 36.2 Å². The molecule has 1 N–H and O–H groups in total. The zero-order chi connectivity index (χ0) is 24.4. The lowest BCUT2D eigenvalue weighted by Crippen LogP contribution is -2.35. The predicted molar refractivity (Wildman–Crippen MR) is 134 cm³/mol. The van der Waals surface area contributed by atoms with E-state index in [0.717, 1.165) is 18.4 Å². The van der Waals surface area contributed by atoms with Crippen LogP contribution in [0.2, 0.25) is 0 Å². The molecule has 1 aromatic heterocycles. The van der Waals surface area contributed by atoms with Gasteiger partial charge in [0, 0.05) is 36.3 Å². The monoisotopic (exact) mass is 472 g/mol. The largest absolute Gasteiger partial charge is 0.493 e. The normalized spacial score (nSPS) is 18.6. The number of rotatable bonds is 8. The van der Waals surface area contributed by atoms with Crippen LogP contribution in [0, 0.1) is 11.3 Å². The zero-order valence-corrected chi connectivity index (χ0v) is 20.1. The average Bonchev–Trinajstić information content (AvgIpc) is 3.48. The number of hydrogen-bond donors (Lipinski definition) is 1. The summed E-state index contributed by atoms with van der Waals surface area (Å²) in [5.74, 6) is 2.49. The first-order chi connectivity index (χ1) is 17.1. The number of pyridine rings is 1. The lowest BCUT2D eigenvalue weighted by molar-refractivity contribution is 0.174. The molecule has 0 saturated heterocycles. The van der Waals surface area contributed by atoms with E-state index in [0.29, 0.717) is 64.1 Å². The standard InChI is InChI=1S/C27H28N4O4/c1-17-8-9-18(2)31(17)10-5-11-33-25-13-22-20(12-24(25)32-3)26(19(14-28)15-29-22)30-21-6-4-7-23-27(21)35-16-34-23/h4,6-9,12-13,15,17-18H,5,10-11,16H2,1-3H3,(H,29,30). The number of nitrogens with one attached hydrogen (secondary N) is 1. The Hall–Kier alpha value is -3.96. The molecule has 3 aromatic rings. The van der Waals surface area contributed by atoms with Crippen molar-refractivity contribution >= 4 is 22.3 Å². The minimum atomic E-state index is 0.164. The van der Waals surface area contributed by atoms with Gasteiger partial charge in [0.15, 0.2) is 23.0 Å². The Kier molecular flexibility index (Phi) is 6.34. The molecule has 2 atom stereocenters. The number of ether oxygens (including phenoxy) is 4. The van der Waals surface area contributed by atoms with E-state index in [2.05, 4.69) is 47.3 Å². The maximum absolute atomic E-state index is 9.75. The SMILES string of the molecule is COc1cc2c(Nc3cccc4c3OCO4)c(C#N)cnc2cc1OCCCN1C(C)C=CC1C. The molecule has 0 radical (unpaired) electrons. The fraction of sp³-hybridized carbons (Fsp3) is 0.333. The second-order valence-corrected chi connectivity index (χ2v) is 8.65. The Balaban J connectivity index is 1.39. The van der Waals surface area contributed by atoms with E-state index in [1.54, 1.807) is 13.3 Å². The van der Waals surface area contributed by atoms with Crippen LogP contribution >= 0.6 is 0 Å². The van der Waals surface area contributed by atoms with Gasteiger partial charge in [-0.15, -0.1) is 0 Å². The maximum atomic E-state index is 9.75. The molecule has 0 aliphatic carbocycles. The molecule has 0 spiro atoms. The minimum Gasteiger partial charge on any atom is -0.493 e. The highest BCUT2D eigenvalue weighted by Gasteiger charge is 2.22. The van der Waals surface area contributed by atoms with E-state index in [1.165, 1.54) is 0 Å². The molecule has 2 aliphatic rings. The van der Waals surface area contributed by atoms with Gasteiger partial charge in [0.1, 0.15) is 6.07 Å². The van der Waals surface area contributed by atoms with Crippen molar-refractivity contribution in [2.45, 2.75) is 32.4 Å². The lowest BCUT2D eigenvalue weighted by atomic mass is 10.1. The molecule has 2 unspecified atom stereocenters. The molecule has 0 saturated carbocycles. The topological polar surface area (TPSA) is 88.9 Å². The summed E-state index contributed by atoms with van der Waals surface area (Å²) >= 11 is 0. The summed E-state index contributed by atoms with van der Waals surface area (Å²) in [6, 6.07) is 12.4. The first-order valence-electron chi connectivity index (χ1n) is 11.7. The molecule has 8 heteroatoms. The molecule has 2 aliphatic heterocycles. The Morgan fingerprint density at radius 1 is 1.17 bits per heavy atom. The molecular formula is C27H28N4O4. The van der Waals surface area contributed by atoms with Crippen molar-refractivity contribution in [2.24, 2.45) is 0 Å². The van der Waals surface area contributed by atoms with Crippen LogP contribution < -0.4 is 24.3 Å². The van der Waals surface area contributed by atoms with E-state index in [9.17, 15) is 5.26 Å². The molecule has 5 rings (SSSR count). The maximum Gasteiger partial charge on any atom is 0.231 e. The molecule has 2 aromatic carbocycles. The van der Waals surface area contributed by atoms with Crippen molar-refractivity contribution < 1.29 is 18.9 Å². The van der Waals surface area contributed by atoms with Crippen molar-refractivity contribution in [3.8, 4) is 29.1 Å². The van der Waals surface area contributed by atoms with Crippen LogP contribution in [0.3, 0.4) is 0 Å². The van der Waals surface area contributed by atoms with Gasteiger partial charge < -0.3 is 24.3 Å². The molecule has 0 amide bonds. The van der Waals surface area contributed by atoms with Gasteiger partial charge in [-0.05, 0) is 38.5 Å². The van der Waals surface area contributed by atoms with Gasteiger partial charge in [-0.25, -0.2) is 0 Å². The second kappa shape index (κ2) is 9.72. The minimum absolute atomic E-state index is 0.164. The number of nitriles is 1. The van der Waals surface area contributed by atoms with Gasteiger partial charge >= 0.3 is 0 Å². The fourth-order valence-electron chi connectivity index (χ4n) is 4.61. The van der Waals surface area contributed by atoms with Crippen LogP contribution in [0.4, 0.5) is 11.4 Å². The Morgan fingerprint density at radius 2 is 2.00 bits per heavy atom. The number of hydrogen-bond acceptors (Lipinski definition) is 8. The molecule has 180 valence electrons. The van der Waals surface area contributed by atoms with Crippen molar-refractivity contribution in [3.05, 3.63) is 54.2 Å². The van der Waals surface area contributed by atoms with E-state index < -0.39 is 0 Å². The number of anilines is 2. The molecule has 0 fully saturated rings. The van der Waals surface area contributed by atoms with Gasteiger partial charge in [0.2, 0.25) is 6.79 Å². The highest BCUT2D eigenvalue weighted by molar-refractivity contribution is 5.98. The average molecular weight is 473 g/mol. The molecule has 35 heavy (non-hydrogen) atoms. The van der Waals surface area contributed by atoms with Crippen LogP contribution in [0.1, 0.15) is 25.8 Å². The predicted octanol–water partition coefficient (Wildman–Crippen LogP) is 5.01. The van der Waals surface area contributed by atoms with E-state index >= 15 is 0 Å². The summed E-state index contributed by atoms with van der Waals surface area (Å²) in [5, 5.41) is 13.9. The first kappa shape index (κ1) is 22.8. The molecule has 3 heterocycles. The van der Waals surface area contributed by atoms with Gasteiger partial charge in [-0.2, -0.15) is 5.26 Å². The van der Waals surface area contributed by atoms with Crippen LogP contribution in [-0.2, 0) is 0 Å². The summed E-state index contributed by atoms with van der Waals surface area (Å²) in [5.41, 5.74) is 2.43. The van der Waals surface area contributed by atoms with E-state index in [-0.39, 0.29) is 6.79 Å². The second-order valence-electron chi connectivity index (χ2n) is 8.65. The van der Waals surface area contributed by atoms with Gasteiger partial charge in [-0.1, -0.05) is 18.2 Å². The third-order valence-electron chi connectivity index (χ3n) is 6.46. The third-order valence-corrected chi connectivity index (χ3v) is 6.46. The van der Waals surface area contributed by atoms with Crippen LogP contribution in [0.25, 0.3) is 10.9 Å². The first-order valence-corrected chi connectivity index (χ1v) is 11.7. The summed E-state index contributed by atoms with van der Waals surface area (Å²) < 4.78 is 22.9. The van der Waals surface area contributed by atoms with E-state index in [1.807, 2.05) is 30.3 Å². The quantitative estimate of drug-likeness (QED) is 0.362. The molecule has 0 bridgehead atoms. The number of para-hydroxylation sites is 1. The number of methoxy groups -OCH3 is 1. The highest BCUT2D eigenvalue weighted by atomic mass is 16.7. The van der Waals surface area contributed by atoms with Crippen LogP contribution in [0.15, 0.2) is 48.7 Å². The van der Waals surface area contributed by atoms with Crippen molar-refractivity contribution in [2.75, 3.05) is 32.4 Å². The Morgan fingerprint density at radius 3 is 2.77 bits per heavy atom. The van der Waals surface area contributed by atoms with Gasteiger partial charge in [-0.3, -0.25) is 9.88 Å². The number of fused-ring (bicyclic) bond motifs is 2. The van der Waals surface area contributed by atoms with Crippen molar-refractivity contribution in [1.29, 1.82) is 5.26 Å². The Bertz CT molecular complexity index is 1300. The third kappa shape index (κ3) is 4.43. The summed E-state index contributed by atoms with van der Waals surface area (Å²) in [6.45, 7) is 6.10. The number of benzene rings is 2. The smallest absolute Gasteiger partial charge is 0.231 e. The van der Waals surface area contributed by atoms with Crippen LogP contribution in [-0.4, -0.2) is 49.0 Å². The van der Waals surface area contributed by atoms with E-state index in [4.69, 9.17) is 18.9 Å². The van der Waals surface area contributed by atoms with Crippen molar-refractivity contribution in [1.82, 2.24) is 9.88 Å².